The normalized spacial score (nSPS) is 20.4. The van der Waals surface area contributed by atoms with Crippen molar-refractivity contribution in [2.24, 2.45) is 10.3 Å². The van der Waals surface area contributed by atoms with Crippen molar-refractivity contribution in [1.82, 2.24) is 5.01 Å². The molecule has 0 radical (unpaired) electrons. The maximum Gasteiger partial charge on any atom is 0.263 e. The Morgan fingerprint density at radius 1 is 1.00 bits per heavy atom. The van der Waals surface area contributed by atoms with Crippen molar-refractivity contribution in [3.05, 3.63) is 59.2 Å². The van der Waals surface area contributed by atoms with E-state index in [1.165, 1.54) is 5.01 Å². The van der Waals surface area contributed by atoms with Gasteiger partial charge in [-0.1, -0.05) is 29.5 Å². The molecule has 29 heavy (non-hydrogen) atoms. The lowest BCUT2D eigenvalue weighted by Crippen LogP contribution is -2.43. The molecule has 4 rings (SSSR count). The molecule has 1 saturated heterocycles. The molecule has 148 valence electrons. The fourth-order valence-corrected chi connectivity index (χ4v) is 3.52. The monoisotopic (exact) mass is 391 g/mol. The first-order valence-electron chi connectivity index (χ1n) is 9.35. The number of benzene rings is 2. The summed E-state index contributed by atoms with van der Waals surface area (Å²) in [6.45, 7) is 5.61. The second kappa shape index (κ2) is 7.12. The number of para-hydroxylation sites is 1. The molecule has 0 aliphatic carbocycles. The molecule has 2 atom stereocenters. The predicted octanol–water partition coefficient (Wildman–Crippen LogP) is 2.54. The Labute approximate surface area is 168 Å². The second-order valence-electron chi connectivity index (χ2n) is 7.34. The first-order valence-corrected chi connectivity index (χ1v) is 9.35. The van der Waals surface area contributed by atoms with E-state index in [1.807, 2.05) is 45.0 Å². The minimum absolute atomic E-state index is 0.168. The van der Waals surface area contributed by atoms with E-state index in [-0.39, 0.29) is 12.5 Å². The summed E-state index contributed by atoms with van der Waals surface area (Å²) < 4.78 is 0. The summed E-state index contributed by atoms with van der Waals surface area (Å²) in [6, 6.07) is 11.0. The molecule has 2 aliphatic heterocycles. The van der Waals surface area contributed by atoms with E-state index >= 15 is 0 Å². The number of hydrogen-bond acceptors (Lipinski definition) is 6. The first-order chi connectivity index (χ1) is 13.9. The molecule has 3 amide bonds. The van der Waals surface area contributed by atoms with Crippen molar-refractivity contribution in [3.63, 3.8) is 0 Å². The molecule has 1 N–H and O–H groups in total. The van der Waals surface area contributed by atoms with Crippen molar-refractivity contribution in [2.45, 2.75) is 32.9 Å². The number of amides is 3. The Bertz CT molecular complexity index is 1050. The lowest BCUT2D eigenvalue weighted by molar-refractivity contribution is -0.123. The van der Waals surface area contributed by atoms with Crippen LogP contribution >= 0.6 is 0 Å². The molecule has 1 fully saturated rings. The van der Waals surface area contributed by atoms with Crippen LogP contribution in [0.15, 0.2) is 52.8 Å². The molecule has 0 spiro atoms. The van der Waals surface area contributed by atoms with Crippen molar-refractivity contribution in [3.8, 4) is 0 Å². The van der Waals surface area contributed by atoms with Crippen molar-refractivity contribution >= 4 is 29.1 Å². The molecule has 2 aliphatic rings. The number of aryl methyl sites for hydroxylation is 3. The number of fused-ring (bicyclic) bond motifs is 1. The lowest BCUT2D eigenvalue weighted by Gasteiger charge is -2.20. The highest BCUT2D eigenvalue weighted by atomic mass is 16.2. The summed E-state index contributed by atoms with van der Waals surface area (Å²) in [5.74, 6) is -1.17. The Kier molecular flexibility index (Phi) is 4.62. The number of nitrogens with zero attached hydrogens (tertiary/aromatic N) is 4. The van der Waals surface area contributed by atoms with Crippen molar-refractivity contribution < 1.29 is 14.4 Å². The number of rotatable bonds is 4. The van der Waals surface area contributed by atoms with Gasteiger partial charge >= 0.3 is 0 Å². The number of nitrogens with one attached hydrogen (secondary N) is 1. The van der Waals surface area contributed by atoms with Gasteiger partial charge in [0.2, 0.25) is 5.91 Å². The summed E-state index contributed by atoms with van der Waals surface area (Å²) in [6.07, 6.45) is 0. The molecule has 0 aromatic heterocycles. The van der Waals surface area contributed by atoms with E-state index < -0.39 is 23.9 Å². The van der Waals surface area contributed by atoms with Gasteiger partial charge in [0.05, 0.1) is 5.69 Å². The highest BCUT2D eigenvalue weighted by Crippen LogP contribution is 2.32. The molecule has 0 saturated carbocycles. The molecule has 0 unspecified atom stereocenters. The van der Waals surface area contributed by atoms with E-state index in [2.05, 4.69) is 15.7 Å². The Balaban J connectivity index is 1.51. The number of carbonyl (C=O) groups is 3. The highest BCUT2D eigenvalue weighted by Gasteiger charge is 2.55. The third-order valence-corrected chi connectivity index (χ3v) is 5.33. The van der Waals surface area contributed by atoms with Gasteiger partial charge in [0.25, 0.3) is 11.8 Å². The molecule has 2 heterocycles. The molecule has 8 nitrogen and oxygen atoms in total. The fraction of sp³-hybridized carbons (Fsp3) is 0.286. The number of carbonyl (C=O) groups excluding carboxylic acids is 3. The number of anilines is 2. The largest absolute Gasteiger partial charge is 0.324 e. The summed E-state index contributed by atoms with van der Waals surface area (Å²) in [5.41, 5.74) is 4.18. The summed E-state index contributed by atoms with van der Waals surface area (Å²) in [4.78, 5) is 39.4. The lowest BCUT2D eigenvalue weighted by atomic mass is 10.1. The standard InChI is InChI=1S/C21H21N5O3/c1-12-8-9-15(10-14(12)3)26-20(28)18-19(21(26)29)25(24-23-18)11-17(27)22-16-7-5-4-6-13(16)2/h4-10,18-19H,11H2,1-3H3,(H,22,27)/t18-,19+/m0/s1. The van der Waals surface area contributed by atoms with Gasteiger partial charge in [0.1, 0.15) is 6.54 Å². The maximum atomic E-state index is 13.0. The van der Waals surface area contributed by atoms with Crippen LogP contribution in [0.25, 0.3) is 0 Å². The Morgan fingerprint density at radius 3 is 2.48 bits per heavy atom. The average molecular weight is 391 g/mol. The quantitative estimate of drug-likeness (QED) is 0.811. The minimum Gasteiger partial charge on any atom is -0.324 e. The SMILES string of the molecule is Cc1ccc(N2C(=O)[C@H]3N=NN(CC(=O)Nc4ccccc4C)[C@H]3C2=O)cc1C. The van der Waals surface area contributed by atoms with E-state index in [9.17, 15) is 14.4 Å². The van der Waals surface area contributed by atoms with E-state index in [4.69, 9.17) is 0 Å². The zero-order chi connectivity index (χ0) is 20.7. The molecule has 0 bridgehead atoms. The smallest absolute Gasteiger partial charge is 0.263 e. The van der Waals surface area contributed by atoms with Crippen molar-refractivity contribution in [2.75, 3.05) is 16.8 Å². The Morgan fingerprint density at radius 2 is 1.76 bits per heavy atom. The minimum atomic E-state index is -0.921. The van der Waals surface area contributed by atoms with Gasteiger partial charge in [-0.2, -0.15) is 5.11 Å². The second-order valence-corrected chi connectivity index (χ2v) is 7.34. The van der Waals surface area contributed by atoms with Crippen LogP contribution in [0.3, 0.4) is 0 Å². The third-order valence-electron chi connectivity index (χ3n) is 5.33. The van der Waals surface area contributed by atoms with Gasteiger partial charge < -0.3 is 5.32 Å². The van der Waals surface area contributed by atoms with Crippen molar-refractivity contribution in [1.29, 1.82) is 0 Å². The molecular weight excluding hydrogens is 370 g/mol. The topological polar surface area (TPSA) is 94.4 Å². The molecule has 8 heteroatoms. The van der Waals surface area contributed by atoms with Gasteiger partial charge in [-0.25, -0.2) is 4.90 Å². The maximum absolute atomic E-state index is 13.0. The zero-order valence-electron chi connectivity index (χ0n) is 16.4. The number of imide groups is 1. The zero-order valence-corrected chi connectivity index (χ0v) is 16.4. The highest BCUT2D eigenvalue weighted by molar-refractivity contribution is 6.25. The molecule has 2 aromatic carbocycles. The van der Waals surface area contributed by atoms with E-state index in [0.29, 0.717) is 11.4 Å². The fourth-order valence-electron chi connectivity index (χ4n) is 3.52. The molecular formula is C21H21N5O3. The van der Waals surface area contributed by atoms with Crippen LogP contribution in [0, 0.1) is 20.8 Å². The van der Waals surface area contributed by atoms with Gasteiger partial charge in [-0.3, -0.25) is 19.4 Å². The molecule has 2 aromatic rings. The summed E-state index contributed by atoms with van der Waals surface area (Å²) in [5, 5.41) is 12.0. The Hall–Kier alpha value is -3.55. The summed E-state index contributed by atoms with van der Waals surface area (Å²) >= 11 is 0. The van der Waals surface area contributed by atoms with Gasteiger partial charge in [-0.15, -0.1) is 0 Å². The van der Waals surface area contributed by atoms with Crippen LogP contribution in [0.4, 0.5) is 11.4 Å². The first kappa shape index (κ1) is 18.8. The summed E-state index contributed by atoms with van der Waals surface area (Å²) in [7, 11) is 0. The van der Waals surface area contributed by atoms with Gasteiger partial charge in [0.15, 0.2) is 12.1 Å². The number of hydrogen-bond donors (Lipinski definition) is 1. The van der Waals surface area contributed by atoms with Crippen LogP contribution < -0.4 is 10.2 Å². The third kappa shape index (κ3) is 3.26. The van der Waals surface area contributed by atoms with Crippen LogP contribution in [-0.4, -0.2) is 41.4 Å². The van der Waals surface area contributed by atoms with Crippen LogP contribution in [0.1, 0.15) is 16.7 Å². The van der Waals surface area contributed by atoms with E-state index in [1.54, 1.807) is 18.2 Å². The average Bonchev–Trinajstić information content (AvgIpc) is 3.20. The predicted molar refractivity (Wildman–Crippen MR) is 107 cm³/mol. The van der Waals surface area contributed by atoms with Crippen LogP contribution in [0.5, 0.6) is 0 Å². The van der Waals surface area contributed by atoms with Crippen LogP contribution in [0.2, 0.25) is 0 Å². The van der Waals surface area contributed by atoms with Crippen LogP contribution in [-0.2, 0) is 14.4 Å². The van der Waals surface area contributed by atoms with Gasteiger partial charge in [-0.05, 0) is 55.7 Å². The van der Waals surface area contributed by atoms with E-state index in [0.717, 1.165) is 21.6 Å². The van der Waals surface area contributed by atoms with Gasteiger partial charge in [0, 0.05) is 5.69 Å².